The van der Waals surface area contributed by atoms with Crippen molar-refractivity contribution in [2.75, 3.05) is 14.2 Å². The van der Waals surface area contributed by atoms with Crippen LogP contribution in [0.25, 0.3) is 0 Å². The molecule has 0 saturated heterocycles. The lowest BCUT2D eigenvalue weighted by Crippen LogP contribution is -2.50. The summed E-state index contributed by atoms with van der Waals surface area (Å²) in [6.45, 7) is 3.71. The van der Waals surface area contributed by atoms with Gasteiger partial charge in [-0.05, 0) is 19.8 Å². The number of hydrogen-bond acceptors (Lipinski definition) is 4. The van der Waals surface area contributed by atoms with Crippen molar-refractivity contribution >= 4 is 11.8 Å². The van der Waals surface area contributed by atoms with Crippen molar-refractivity contribution in [1.82, 2.24) is 0 Å². The van der Waals surface area contributed by atoms with Gasteiger partial charge in [-0.25, -0.2) is 4.79 Å². The highest BCUT2D eigenvalue weighted by atomic mass is 16.6. The third kappa shape index (κ3) is 2.12. The first kappa shape index (κ1) is 13.2. The average Bonchev–Trinajstić information content (AvgIpc) is 2.26. The Morgan fingerprint density at radius 3 is 2.62 bits per heavy atom. The molecule has 3 atom stereocenters. The van der Waals surface area contributed by atoms with Crippen LogP contribution in [0.1, 0.15) is 33.1 Å². The second-order valence-electron chi connectivity index (χ2n) is 4.71. The predicted molar refractivity (Wildman–Crippen MR) is 58.9 cm³/mol. The third-order valence-corrected chi connectivity index (χ3v) is 3.57. The van der Waals surface area contributed by atoms with E-state index in [0.717, 1.165) is 12.8 Å². The van der Waals surface area contributed by atoms with Gasteiger partial charge >= 0.3 is 5.97 Å². The summed E-state index contributed by atoms with van der Waals surface area (Å²) >= 11 is 0. The van der Waals surface area contributed by atoms with E-state index in [0.29, 0.717) is 6.42 Å². The number of ketones is 1. The van der Waals surface area contributed by atoms with Gasteiger partial charge in [0.15, 0.2) is 6.10 Å². The number of rotatable bonds is 3. The minimum atomic E-state index is -0.784. The van der Waals surface area contributed by atoms with E-state index in [1.54, 1.807) is 6.92 Å². The molecule has 4 heteroatoms. The molecule has 3 unspecified atom stereocenters. The van der Waals surface area contributed by atoms with Crippen molar-refractivity contribution in [2.45, 2.75) is 39.2 Å². The number of methoxy groups -OCH3 is 2. The van der Waals surface area contributed by atoms with E-state index in [9.17, 15) is 9.59 Å². The SMILES string of the molecule is COC(=O)C(OC)C1(C)CCCC(C)C1=O. The third-order valence-electron chi connectivity index (χ3n) is 3.57. The van der Waals surface area contributed by atoms with Crippen LogP contribution in [0.4, 0.5) is 0 Å². The van der Waals surface area contributed by atoms with Gasteiger partial charge in [0.1, 0.15) is 5.78 Å². The predicted octanol–water partition coefficient (Wildman–Crippen LogP) is 1.57. The molecule has 0 aliphatic heterocycles. The van der Waals surface area contributed by atoms with Gasteiger partial charge in [0.25, 0.3) is 0 Å². The summed E-state index contributed by atoms with van der Waals surface area (Å²) in [6, 6.07) is 0. The zero-order chi connectivity index (χ0) is 12.3. The molecular weight excluding hydrogens is 208 g/mol. The largest absolute Gasteiger partial charge is 0.467 e. The first-order chi connectivity index (χ1) is 7.47. The molecule has 0 heterocycles. The number of Topliss-reactive ketones (excluding diaryl/α,β-unsaturated/α-hetero) is 1. The van der Waals surface area contributed by atoms with Crippen LogP contribution in [0.2, 0.25) is 0 Å². The lowest BCUT2D eigenvalue weighted by Gasteiger charge is -2.39. The standard InChI is InChI=1S/C12H20O4/c1-8-6-5-7-12(2,9(8)13)10(15-3)11(14)16-4/h8,10H,5-7H2,1-4H3. The highest BCUT2D eigenvalue weighted by Crippen LogP contribution is 2.40. The molecule has 92 valence electrons. The summed E-state index contributed by atoms with van der Waals surface area (Å²) in [4.78, 5) is 23.8. The van der Waals surface area contributed by atoms with Crippen LogP contribution in [0.5, 0.6) is 0 Å². The summed E-state index contributed by atoms with van der Waals surface area (Å²) < 4.78 is 9.86. The van der Waals surface area contributed by atoms with Crippen LogP contribution in [0.3, 0.4) is 0 Å². The van der Waals surface area contributed by atoms with Crippen LogP contribution >= 0.6 is 0 Å². The maximum atomic E-state index is 12.2. The second kappa shape index (κ2) is 4.95. The van der Waals surface area contributed by atoms with E-state index in [1.165, 1.54) is 14.2 Å². The zero-order valence-corrected chi connectivity index (χ0v) is 10.4. The Morgan fingerprint density at radius 1 is 1.50 bits per heavy atom. The summed E-state index contributed by atoms with van der Waals surface area (Å²) in [6.07, 6.45) is 1.74. The van der Waals surface area contributed by atoms with Gasteiger partial charge in [0.2, 0.25) is 0 Å². The minimum absolute atomic E-state index is 0.000978. The number of carbonyl (C=O) groups is 2. The smallest absolute Gasteiger partial charge is 0.336 e. The van der Waals surface area contributed by atoms with Crippen LogP contribution in [-0.2, 0) is 19.1 Å². The summed E-state index contributed by atoms with van der Waals surface area (Å²) in [5.74, 6) is -0.357. The average molecular weight is 228 g/mol. The summed E-state index contributed by atoms with van der Waals surface area (Å²) in [5.41, 5.74) is -0.737. The Morgan fingerprint density at radius 2 is 2.12 bits per heavy atom. The molecule has 1 aliphatic carbocycles. The van der Waals surface area contributed by atoms with Crippen molar-refractivity contribution < 1.29 is 19.1 Å². The maximum absolute atomic E-state index is 12.2. The molecule has 4 nitrogen and oxygen atoms in total. The van der Waals surface area contributed by atoms with Gasteiger partial charge in [0.05, 0.1) is 12.5 Å². The first-order valence-corrected chi connectivity index (χ1v) is 5.62. The van der Waals surface area contributed by atoms with E-state index in [1.807, 2.05) is 6.92 Å². The van der Waals surface area contributed by atoms with Gasteiger partial charge in [-0.15, -0.1) is 0 Å². The van der Waals surface area contributed by atoms with Crippen LogP contribution < -0.4 is 0 Å². The van der Waals surface area contributed by atoms with Crippen molar-refractivity contribution in [3.63, 3.8) is 0 Å². The summed E-state index contributed by atoms with van der Waals surface area (Å²) in [5, 5.41) is 0. The number of esters is 1. The molecule has 0 bridgehead atoms. The molecule has 1 aliphatic rings. The van der Waals surface area contributed by atoms with Gasteiger partial charge in [-0.1, -0.05) is 13.3 Å². The molecule has 16 heavy (non-hydrogen) atoms. The highest BCUT2D eigenvalue weighted by Gasteiger charge is 2.49. The molecule has 0 aromatic rings. The molecule has 0 aromatic heterocycles. The topological polar surface area (TPSA) is 52.6 Å². The van der Waals surface area contributed by atoms with E-state index >= 15 is 0 Å². The summed E-state index contributed by atoms with van der Waals surface area (Å²) in [7, 11) is 2.76. The quantitative estimate of drug-likeness (QED) is 0.688. The van der Waals surface area contributed by atoms with Gasteiger partial charge in [-0.3, -0.25) is 4.79 Å². The number of hydrogen-bond donors (Lipinski definition) is 0. The molecule has 0 spiro atoms. The Hall–Kier alpha value is -0.900. The molecule has 0 N–H and O–H groups in total. The van der Waals surface area contributed by atoms with Crippen LogP contribution in [0.15, 0.2) is 0 Å². The van der Waals surface area contributed by atoms with E-state index in [-0.39, 0.29) is 11.7 Å². The maximum Gasteiger partial charge on any atom is 0.336 e. The van der Waals surface area contributed by atoms with E-state index in [4.69, 9.17) is 4.74 Å². The van der Waals surface area contributed by atoms with E-state index < -0.39 is 17.5 Å². The highest BCUT2D eigenvalue weighted by molar-refractivity contribution is 5.93. The first-order valence-electron chi connectivity index (χ1n) is 5.62. The molecule has 1 saturated carbocycles. The molecule has 0 aromatic carbocycles. The normalized spacial score (nSPS) is 32.2. The van der Waals surface area contributed by atoms with Crippen molar-refractivity contribution in [3.8, 4) is 0 Å². The monoisotopic (exact) mass is 228 g/mol. The Bertz CT molecular complexity index is 287. The van der Waals surface area contributed by atoms with Gasteiger partial charge < -0.3 is 9.47 Å². The Kier molecular flexibility index (Phi) is 4.08. The molecule has 0 radical (unpaired) electrons. The Balaban J connectivity index is 2.96. The zero-order valence-electron chi connectivity index (χ0n) is 10.4. The fourth-order valence-electron chi connectivity index (χ4n) is 2.58. The molecule has 1 fully saturated rings. The van der Waals surface area contributed by atoms with Crippen molar-refractivity contribution in [2.24, 2.45) is 11.3 Å². The lowest BCUT2D eigenvalue weighted by atomic mass is 9.67. The van der Waals surface area contributed by atoms with Gasteiger partial charge in [-0.2, -0.15) is 0 Å². The number of ether oxygens (including phenoxy) is 2. The number of carbonyl (C=O) groups excluding carboxylic acids is 2. The Labute approximate surface area is 96.3 Å². The molecule has 1 rings (SSSR count). The fraction of sp³-hybridized carbons (Fsp3) is 0.833. The van der Waals surface area contributed by atoms with Crippen molar-refractivity contribution in [3.05, 3.63) is 0 Å². The minimum Gasteiger partial charge on any atom is -0.467 e. The van der Waals surface area contributed by atoms with Crippen molar-refractivity contribution in [1.29, 1.82) is 0 Å². The van der Waals surface area contributed by atoms with E-state index in [2.05, 4.69) is 4.74 Å². The molecular formula is C12H20O4. The lowest BCUT2D eigenvalue weighted by molar-refractivity contribution is -0.168. The molecule has 0 amide bonds. The van der Waals surface area contributed by atoms with Crippen LogP contribution in [0, 0.1) is 11.3 Å². The van der Waals surface area contributed by atoms with Gasteiger partial charge in [0, 0.05) is 13.0 Å². The second-order valence-corrected chi connectivity index (χ2v) is 4.71. The fourth-order valence-corrected chi connectivity index (χ4v) is 2.58. The van der Waals surface area contributed by atoms with Crippen LogP contribution in [-0.4, -0.2) is 32.1 Å².